The Hall–Kier alpha value is -2.24. The van der Waals surface area contributed by atoms with Gasteiger partial charge in [0.2, 0.25) is 17.7 Å². The molecular weight excluding hydrogens is 418 g/mol. The number of hydrogen-bond donors (Lipinski definition) is 7. The van der Waals surface area contributed by atoms with Crippen LogP contribution in [-0.4, -0.2) is 71.2 Å². The minimum absolute atomic E-state index is 0.0445. The molecule has 0 aromatic carbocycles. The van der Waals surface area contributed by atoms with Crippen LogP contribution >= 0.6 is 0 Å². The lowest BCUT2D eigenvalue weighted by atomic mass is 10.0. The van der Waals surface area contributed by atoms with Gasteiger partial charge in [-0.25, -0.2) is 4.79 Å². The number of carbonyl (C=O) groups excluding carboxylic acids is 3. The largest absolute Gasteiger partial charge is 0.480 e. The van der Waals surface area contributed by atoms with Gasteiger partial charge in [0.05, 0.1) is 6.61 Å². The third-order valence-corrected chi connectivity index (χ3v) is 4.78. The van der Waals surface area contributed by atoms with Gasteiger partial charge in [-0.1, -0.05) is 27.7 Å². The van der Waals surface area contributed by atoms with Gasteiger partial charge < -0.3 is 37.6 Å². The molecule has 9 N–H and O–H groups in total. The van der Waals surface area contributed by atoms with Gasteiger partial charge in [-0.15, -0.1) is 0 Å². The van der Waals surface area contributed by atoms with Crippen LogP contribution in [0.25, 0.3) is 0 Å². The van der Waals surface area contributed by atoms with Crippen molar-refractivity contribution in [1.29, 1.82) is 0 Å². The van der Waals surface area contributed by atoms with Crippen LogP contribution in [0.15, 0.2) is 0 Å². The fourth-order valence-electron chi connectivity index (χ4n) is 3.06. The number of aliphatic hydroxyl groups excluding tert-OH is 1. The molecule has 0 aliphatic heterocycles. The first-order valence-electron chi connectivity index (χ1n) is 11.1. The lowest BCUT2D eigenvalue weighted by molar-refractivity contribution is -0.143. The zero-order valence-corrected chi connectivity index (χ0v) is 19.6. The van der Waals surface area contributed by atoms with Crippen molar-refractivity contribution in [3.8, 4) is 0 Å². The molecule has 0 aliphatic carbocycles. The summed E-state index contributed by atoms with van der Waals surface area (Å²) in [5.41, 5.74) is 11.0. The standard InChI is InChI=1S/C21H41N5O6/c1-12(2)9-16(25-18(28)14(23)11-27)20(30)24-15(7-5-6-8-22)19(29)26-17(21(31)32)10-13(3)4/h12-17,27H,5-11,22-23H2,1-4H3,(H,24,30)(H,25,28)(H,26,29)(H,31,32)/t14-,15-,16-,17-/m0/s1. The van der Waals surface area contributed by atoms with Crippen LogP contribution in [0.2, 0.25) is 0 Å². The van der Waals surface area contributed by atoms with Gasteiger partial charge >= 0.3 is 5.97 Å². The third kappa shape index (κ3) is 12.0. The van der Waals surface area contributed by atoms with E-state index >= 15 is 0 Å². The minimum atomic E-state index is -1.17. The van der Waals surface area contributed by atoms with Gasteiger partial charge in [-0.3, -0.25) is 14.4 Å². The minimum Gasteiger partial charge on any atom is -0.480 e. The maximum Gasteiger partial charge on any atom is 0.326 e. The first-order valence-corrected chi connectivity index (χ1v) is 11.1. The molecule has 0 saturated carbocycles. The van der Waals surface area contributed by atoms with Crippen molar-refractivity contribution < 1.29 is 29.4 Å². The number of amides is 3. The molecule has 0 heterocycles. The highest BCUT2D eigenvalue weighted by Gasteiger charge is 2.30. The highest BCUT2D eigenvalue weighted by Crippen LogP contribution is 2.10. The van der Waals surface area contributed by atoms with Crippen LogP contribution in [0.4, 0.5) is 0 Å². The Morgan fingerprint density at radius 1 is 0.781 bits per heavy atom. The molecule has 32 heavy (non-hydrogen) atoms. The number of rotatable bonds is 16. The van der Waals surface area contributed by atoms with Crippen LogP contribution < -0.4 is 27.4 Å². The summed E-state index contributed by atoms with van der Waals surface area (Å²) < 4.78 is 0. The highest BCUT2D eigenvalue weighted by atomic mass is 16.4. The second-order valence-corrected chi connectivity index (χ2v) is 8.85. The van der Waals surface area contributed by atoms with Gasteiger partial charge in [0.25, 0.3) is 0 Å². The smallest absolute Gasteiger partial charge is 0.326 e. The number of carboxylic acids is 1. The highest BCUT2D eigenvalue weighted by molar-refractivity contribution is 5.94. The van der Waals surface area contributed by atoms with E-state index in [0.29, 0.717) is 19.4 Å². The van der Waals surface area contributed by atoms with Crippen LogP contribution in [0, 0.1) is 11.8 Å². The van der Waals surface area contributed by atoms with Gasteiger partial charge in [0, 0.05) is 0 Å². The summed E-state index contributed by atoms with van der Waals surface area (Å²) in [5, 5.41) is 26.1. The number of nitrogens with one attached hydrogen (secondary N) is 3. The molecule has 0 spiro atoms. The van der Waals surface area contributed by atoms with E-state index in [2.05, 4.69) is 16.0 Å². The number of carbonyl (C=O) groups is 4. The average Bonchev–Trinajstić information content (AvgIpc) is 2.70. The third-order valence-electron chi connectivity index (χ3n) is 4.78. The van der Waals surface area contributed by atoms with E-state index in [1.165, 1.54) is 0 Å². The van der Waals surface area contributed by atoms with Crippen molar-refractivity contribution in [3.63, 3.8) is 0 Å². The first-order chi connectivity index (χ1) is 14.9. The SMILES string of the molecule is CC(C)C[C@H](NC(=O)[C@H](CCCCN)NC(=O)[C@H](CC(C)C)NC(=O)[C@@H](N)CO)C(=O)O. The molecule has 0 aromatic rings. The Bertz CT molecular complexity index is 613. The zero-order valence-electron chi connectivity index (χ0n) is 19.6. The van der Waals surface area contributed by atoms with Crippen molar-refractivity contribution >= 4 is 23.7 Å². The Morgan fingerprint density at radius 2 is 1.25 bits per heavy atom. The Morgan fingerprint density at radius 3 is 1.72 bits per heavy atom. The fourth-order valence-corrected chi connectivity index (χ4v) is 3.06. The average molecular weight is 460 g/mol. The number of aliphatic hydroxyl groups is 1. The first kappa shape index (κ1) is 29.8. The monoisotopic (exact) mass is 459 g/mol. The molecule has 0 saturated heterocycles. The number of unbranched alkanes of at least 4 members (excludes halogenated alkanes) is 1. The molecule has 0 aromatic heterocycles. The quantitative estimate of drug-likeness (QED) is 0.144. The molecular formula is C21H41N5O6. The van der Waals surface area contributed by atoms with Crippen LogP contribution in [0.3, 0.4) is 0 Å². The van der Waals surface area contributed by atoms with Gasteiger partial charge in [-0.2, -0.15) is 0 Å². The molecule has 0 bridgehead atoms. The topological polar surface area (TPSA) is 197 Å². The van der Waals surface area contributed by atoms with Crippen LogP contribution in [0.5, 0.6) is 0 Å². The van der Waals surface area contributed by atoms with Crippen molar-refractivity contribution in [2.24, 2.45) is 23.3 Å². The molecule has 0 unspecified atom stereocenters. The molecule has 3 amide bonds. The predicted octanol–water partition coefficient (Wildman–Crippen LogP) is -0.934. The number of hydrogen-bond acceptors (Lipinski definition) is 7. The molecule has 11 nitrogen and oxygen atoms in total. The molecule has 4 atom stereocenters. The molecule has 11 heteroatoms. The van der Waals surface area contributed by atoms with E-state index in [1.54, 1.807) is 0 Å². The second kappa shape index (κ2) is 15.5. The van der Waals surface area contributed by atoms with Crippen LogP contribution in [-0.2, 0) is 19.2 Å². The summed E-state index contributed by atoms with van der Waals surface area (Å²) in [6.07, 6.45) is 1.98. The van der Waals surface area contributed by atoms with E-state index in [0.717, 1.165) is 0 Å². The van der Waals surface area contributed by atoms with E-state index < -0.39 is 54.5 Å². The molecule has 0 radical (unpaired) electrons. The van der Waals surface area contributed by atoms with E-state index in [4.69, 9.17) is 16.6 Å². The summed E-state index contributed by atoms with van der Waals surface area (Å²) in [7, 11) is 0. The maximum absolute atomic E-state index is 12.9. The number of nitrogens with two attached hydrogens (primary N) is 2. The van der Waals surface area contributed by atoms with E-state index in [-0.39, 0.29) is 31.1 Å². The van der Waals surface area contributed by atoms with Crippen molar-refractivity contribution in [2.45, 2.75) is 84.0 Å². The fraction of sp³-hybridized carbons (Fsp3) is 0.810. The number of aliphatic carboxylic acids is 1. The van der Waals surface area contributed by atoms with Crippen molar-refractivity contribution in [2.75, 3.05) is 13.2 Å². The van der Waals surface area contributed by atoms with Crippen LogP contribution in [0.1, 0.15) is 59.8 Å². The van der Waals surface area contributed by atoms with Gasteiger partial charge in [0.15, 0.2) is 0 Å². The number of carboxylic acid groups (broad SMARTS) is 1. The Labute approximate surface area is 190 Å². The van der Waals surface area contributed by atoms with Crippen molar-refractivity contribution in [1.82, 2.24) is 16.0 Å². The lowest BCUT2D eigenvalue weighted by Crippen LogP contribution is -2.57. The summed E-state index contributed by atoms with van der Waals surface area (Å²) >= 11 is 0. The Kier molecular flexibility index (Phi) is 14.5. The second-order valence-electron chi connectivity index (χ2n) is 8.85. The summed E-state index contributed by atoms with van der Waals surface area (Å²) in [6, 6.07) is -4.20. The van der Waals surface area contributed by atoms with Crippen molar-refractivity contribution in [3.05, 3.63) is 0 Å². The van der Waals surface area contributed by atoms with E-state index in [1.807, 2.05) is 27.7 Å². The normalized spacial score (nSPS) is 15.0. The summed E-state index contributed by atoms with van der Waals surface area (Å²) in [6.45, 7) is 7.27. The zero-order chi connectivity index (χ0) is 24.8. The summed E-state index contributed by atoms with van der Waals surface area (Å²) in [5.74, 6) is -2.93. The van der Waals surface area contributed by atoms with Gasteiger partial charge in [-0.05, 0) is 50.5 Å². The lowest BCUT2D eigenvalue weighted by Gasteiger charge is -2.26. The summed E-state index contributed by atoms with van der Waals surface area (Å²) in [4.78, 5) is 49.4. The molecule has 0 fully saturated rings. The maximum atomic E-state index is 12.9. The Balaban J connectivity index is 5.46. The molecule has 0 rings (SSSR count). The van der Waals surface area contributed by atoms with E-state index in [9.17, 15) is 24.3 Å². The predicted molar refractivity (Wildman–Crippen MR) is 120 cm³/mol. The molecule has 186 valence electrons. The van der Waals surface area contributed by atoms with Gasteiger partial charge in [0.1, 0.15) is 24.2 Å². The molecule has 0 aliphatic rings.